The molecule has 2 N–H and O–H groups in total. The predicted molar refractivity (Wildman–Crippen MR) is 77.9 cm³/mol. The molecule has 0 atom stereocenters. The smallest absolute Gasteiger partial charge is 0.243 e. The summed E-state index contributed by atoms with van der Waals surface area (Å²) in [5.74, 6) is 0.496. The van der Waals surface area contributed by atoms with Crippen LogP contribution in [0.25, 0.3) is 0 Å². The lowest BCUT2D eigenvalue weighted by atomic mass is 10.1. The van der Waals surface area contributed by atoms with E-state index in [9.17, 15) is 8.42 Å². The molecule has 0 aromatic carbocycles. The van der Waals surface area contributed by atoms with Gasteiger partial charge in [0.1, 0.15) is 4.90 Å². The standard InChI is InChI=1S/C13H24N4O2S/c1-14-7-4-8-17-11-13(10-15-17)20(18,19)16-9-12-5-2-3-6-12/h10-12,14,16H,2-9H2,1H3. The van der Waals surface area contributed by atoms with Gasteiger partial charge in [0.05, 0.1) is 6.20 Å². The number of aryl methyl sites for hydroxylation is 1. The zero-order valence-electron chi connectivity index (χ0n) is 12.0. The number of aromatic nitrogens is 2. The monoisotopic (exact) mass is 300 g/mol. The van der Waals surface area contributed by atoms with Crippen molar-refractivity contribution in [3.8, 4) is 0 Å². The van der Waals surface area contributed by atoms with Crippen molar-refractivity contribution < 1.29 is 8.42 Å². The second kappa shape index (κ2) is 7.19. The van der Waals surface area contributed by atoms with E-state index in [-0.39, 0.29) is 4.90 Å². The fourth-order valence-electron chi connectivity index (χ4n) is 2.55. The van der Waals surface area contributed by atoms with E-state index in [0.29, 0.717) is 12.5 Å². The molecule has 0 spiro atoms. The Morgan fingerprint density at radius 2 is 2.15 bits per heavy atom. The molecule has 0 amide bonds. The maximum absolute atomic E-state index is 12.2. The summed E-state index contributed by atoms with van der Waals surface area (Å²) in [6.07, 6.45) is 8.65. The summed E-state index contributed by atoms with van der Waals surface area (Å²) in [7, 11) is -1.51. The Balaban J connectivity index is 1.88. The summed E-state index contributed by atoms with van der Waals surface area (Å²) >= 11 is 0. The Bertz CT molecular complexity index is 506. The van der Waals surface area contributed by atoms with Gasteiger partial charge < -0.3 is 5.32 Å². The van der Waals surface area contributed by atoms with Crippen LogP contribution in [-0.2, 0) is 16.6 Å². The molecule has 0 unspecified atom stereocenters. The molecule has 1 aromatic heterocycles. The number of hydrogen-bond acceptors (Lipinski definition) is 4. The number of hydrogen-bond donors (Lipinski definition) is 2. The van der Waals surface area contributed by atoms with Crippen LogP contribution in [0.3, 0.4) is 0 Å². The third kappa shape index (κ3) is 4.29. The van der Waals surface area contributed by atoms with Gasteiger partial charge in [-0.25, -0.2) is 13.1 Å². The molecule has 0 bridgehead atoms. The van der Waals surface area contributed by atoms with Crippen molar-refractivity contribution in [2.75, 3.05) is 20.1 Å². The van der Waals surface area contributed by atoms with Crippen LogP contribution in [0.2, 0.25) is 0 Å². The van der Waals surface area contributed by atoms with Gasteiger partial charge in [0.2, 0.25) is 10.0 Å². The van der Waals surface area contributed by atoms with Gasteiger partial charge in [-0.2, -0.15) is 5.10 Å². The molecule has 0 radical (unpaired) electrons. The summed E-state index contributed by atoms with van der Waals surface area (Å²) in [6.45, 7) is 2.16. The first-order chi connectivity index (χ1) is 9.62. The van der Waals surface area contributed by atoms with Gasteiger partial charge in [0.15, 0.2) is 0 Å². The zero-order valence-corrected chi connectivity index (χ0v) is 12.8. The molecular weight excluding hydrogens is 276 g/mol. The van der Waals surface area contributed by atoms with Crippen molar-refractivity contribution in [2.24, 2.45) is 5.92 Å². The molecule has 6 nitrogen and oxygen atoms in total. The second-order valence-electron chi connectivity index (χ2n) is 5.40. The Kier molecular flexibility index (Phi) is 5.56. The molecule has 0 saturated heterocycles. The quantitative estimate of drug-likeness (QED) is 0.701. The van der Waals surface area contributed by atoms with E-state index in [2.05, 4.69) is 15.1 Å². The van der Waals surface area contributed by atoms with Crippen molar-refractivity contribution >= 4 is 10.0 Å². The van der Waals surface area contributed by atoms with E-state index in [1.807, 2.05) is 7.05 Å². The number of rotatable bonds is 8. The van der Waals surface area contributed by atoms with Crippen LogP contribution in [0, 0.1) is 5.92 Å². The third-order valence-electron chi connectivity index (χ3n) is 3.77. The molecule has 20 heavy (non-hydrogen) atoms. The van der Waals surface area contributed by atoms with Gasteiger partial charge in [-0.05, 0) is 38.8 Å². The average molecular weight is 300 g/mol. The minimum atomic E-state index is -3.41. The highest BCUT2D eigenvalue weighted by molar-refractivity contribution is 7.89. The van der Waals surface area contributed by atoms with E-state index in [0.717, 1.165) is 32.4 Å². The van der Waals surface area contributed by atoms with E-state index in [4.69, 9.17) is 0 Å². The Morgan fingerprint density at radius 3 is 2.85 bits per heavy atom. The first kappa shape index (κ1) is 15.5. The van der Waals surface area contributed by atoms with Gasteiger partial charge in [-0.15, -0.1) is 0 Å². The Labute approximate surface area is 121 Å². The van der Waals surface area contributed by atoms with E-state index >= 15 is 0 Å². The van der Waals surface area contributed by atoms with Crippen molar-refractivity contribution in [1.82, 2.24) is 19.8 Å². The Morgan fingerprint density at radius 1 is 1.40 bits per heavy atom. The summed E-state index contributed by atoms with van der Waals surface area (Å²) in [4.78, 5) is 0.264. The van der Waals surface area contributed by atoms with Crippen LogP contribution in [0.5, 0.6) is 0 Å². The Hall–Kier alpha value is -0.920. The molecule has 1 heterocycles. The minimum absolute atomic E-state index is 0.264. The van der Waals surface area contributed by atoms with Crippen LogP contribution in [0.4, 0.5) is 0 Å². The summed E-state index contributed by atoms with van der Waals surface area (Å²) in [5.41, 5.74) is 0. The topological polar surface area (TPSA) is 76.0 Å². The third-order valence-corrected chi connectivity index (χ3v) is 5.15. The number of nitrogens with one attached hydrogen (secondary N) is 2. The van der Waals surface area contributed by atoms with Crippen molar-refractivity contribution in [1.29, 1.82) is 0 Å². The van der Waals surface area contributed by atoms with Crippen molar-refractivity contribution in [2.45, 2.75) is 43.5 Å². The molecule has 7 heteroatoms. The lowest BCUT2D eigenvalue weighted by Gasteiger charge is -2.09. The van der Waals surface area contributed by atoms with Crippen LogP contribution in [-0.4, -0.2) is 38.3 Å². The molecule has 114 valence electrons. The number of nitrogens with zero attached hydrogens (tertiary/aromatic N) is 2. The van der Waals surface area contributed by atoms with Crippen LogP contribution in [0.15, 0.2) is 17.3 Å². The molecule has 0 aliphatic heterocycles. The van der Waals surface area contributed by atoms with Gasteiger partial charge in [-0.1, -0.05) is 12.8 Å². The molecule has 1 aliphatic rings. The predicted octanol–water partition coefficient (Wildman–Crippen LogP) is 0.961. The minimum Gasteiger partial charge on any atom is -0.320 e. The van der Waals surface area contributed by atoms with E-state index < -0.39 is 10.0 Å². The highest BCUT2D eigenvalue weighted by atomic mass is 32.2. The maximum atomic E-state index is 12.2. The van der Waals surface area contributed by atoms with Crippen LogP contribution >= 0.6 is 0 Å². The molecule has 1 aliphatic carbocycles. The first-order valence-electron chi connectivity index (χ1n) is 7.28. The fraction of sp³-hybridized carbons (Fsp3) is 0.769. The number of sulfonamides is 1. The SMILES string of the molecule is CNCCCn1cc(S(=O)(=O)NCC2CCCC2)cn1. The van der Waals surface area contributed by atoms with Gasteiger partial charge in [0, 0.05) is 19.3 Å². The summed E-state index contributed by atoms with van der Waals surface area (Å²) in [5, 5.41) is 7.16. The molecule has 1 fully saturated rings. The van der Waals surface area contributed by atoms with E-state index in [1.165, 1.54) is 19.0 Å². The van der Waals surface area contributed by atoms with Crippen LogP contribution < -0.4 is 10.0 Å². The molecule has 1 saturated carbocycles. The summed E-state index contributed by atoms with van der Waals surface area (Å²) < 4.78 is 28.7. The maximum Gasteiger partial charge on any atom is 0.243 e. The van der Waals surface area contributed by atoms with E-state index in [1.54, 1.807) is 10.9 Å². The van der Waals surface area contributed by atoms with Gasteiger partial charge >= 0.3 is 0 Å². The van der Waals surface area contributed by atoms with Crippen molar-refractivity contribution in [3.63, 3.8) is 0 Å². The highest BCUT2D eigenvalue weighted by Gasteiger charge is 2.20. The lowest BCUT2D eigenvalue weighted by molar-refractivity contribution is 0.519. The molecule has 1 aromatic rings. The second-order valence-corrected chi connectivity index (χ2v) is 7.17. The highest BCUT2D eigenvalue weighted by Crippen LogP contribution is 2.24. The fourth-order valence-corrected chi connectivity index (χ4v) is 3.62. The van der Waals surface area contributed by atoms with Crippen molar-refractivity contribution in [3.05, 3.63) is 12.4 Å². The summed E-state index contributed by atoms with van der Waals surface area (Å²) in [6, 6.07) is 0. The zero-order chi connectivity index (χ0) is 14.4. The normalized spacial score (nSPS) is 16.9. The van der Waals surface area contributed by atoms with Crippen LogP contribution in [0.1, 0.15) is 32.1 Å². The van der Waals surface area contributed by atoms with Gasteiger partial charge in [0.25, 0.3) is 0 Å². The average Bonchev–Trinajstić information content (AvgIpc) is 3.08. The lowest BCUT2D eigenvalue weighted by Crippen LogP contribution is -2.28. The molecular formula is C13H24N4O2S. The first-order valence-corrected chi connectivity index (χ1v) is 8.77. The largest absolute Gasteiger partial charge is 0.320 e. The molecule has 2 rings (SSSR count). The van der Waals surface area contributed by atoms with Gasteiger partial charge in [-0.3, -0.25) is 4.68 Å².